The number of carbonyl (C=O) groups is 3. The molecule has 1 aliphatic rings. The van der Waals surface area contributed by atoms with E-state index in [1.807, 2.05) is 18.2 Å². The summed E-state index contributed by atoms with van der Waals surface area (Å²) in [5.74, 6) is -0.463. The molecule has 0 atom stereocenters. The molecule has 3 amide bonds. The van der Waals surface area contributed by atoms with Gasteiger partial charge in [-0.2, -0.15) is 0 Å². The Labute approximate surface area is 170 Å². The molecule has 7 nitrogen and oxygen atoms in total. The summed E-state index contributed by atoms with van der Waals surface area (Å²) in [6, 6.07) is 7.59. The predicted octanol–water partition coefficient (Wildman–Crippen LogP) is 2.37. The molecule has 2 aromatic rings. The maximum atomic E-state index is 12.9. The fraction of sp³-hybridized carbons (Fsp3) is 0.364. The van der Waals surface area contributed by atoms with Crippen LogP contribution in [0.3, 0.4) is 0 Å². The fourth-order valence-corrected chi connectivity index (χ4v) is 3.48. The van der Waals surface area contributed by atoms with Crippen LogP contribution in [0.2, 0.25) is 0 Å². The Hall–Kier alpha value is -3.22. The lowest BCUT2D eigenvalue weighted by Gasteiger charge is -2.32. The van der Waals surface area contributed by atoms with Gasteiger partial charge >= 0.3 is 0 Å². The van der Waals surface area contributed by atoms with E-state index in [1.54, 1.807) is 15.9 Å². The molecule has 7 heteroatoms. The zero-order chi connectivity index (χ0) is 20.8. The van der Waals surface area contributed by atoms with Crippen molar-refractivity contribution in [3.05, 3.63) is 58.9 Å². The van der Waals surface area contributed by atoms with E-state index in [0.29, 0.717) is 37.3 Å². The van der Waals surface area contributed by atoms with Crippen LogP contribution in [-0.4, -0.2) is 59.2 Å². The van der Waals surface area contributed by atoms with Crippen LogP contribution in [-0.2, 0) is 17.6 Å². The molecule has 0 aliphatic carbocycles. The van der Waals surface area contributed by atoms with Crippen molar-refractivity contribution >= 4 is 23.9 Å². The van der Waals surface area contributed by atoms with Crippen molar-refractivity contribution in [2.24, 2.45) is 0 Å². The van der Waals surface area contributed by atoms with Crippen LogP contribution in [0.1, 0.15) is 45.7 Å². The average molecular weight is 394 g/mol. The summed E-state index contributed by atoms with van der Waals surface area (Å²) in [5, 5.41) is 3.01. The molecule has 3 rings (SSSR count). The molecular formula is C22H26N4O3. The van der Waals surface area contributed by atoms with E-state index in [9.17, 15) is 14.4 Å². The lowest BCUT2D eigenvalue weighted by atomic mass is 10.0. The zero-order valence-corrected chi connectivity index (χ0v) is 16.9. The van der Waals surface area contributed by atoms with E-state index in [2.05, 4.69) is 24.1 Å². The Bertz CT molecular complexity index is 882. The molecule has 1 N–H and O–H groups in total. The summed E-state index contributed by atoms with van der Waals surface area (Å²) in [5.41, 5.74) is 3.70. The first-order valence-electron chi connectivity index (χ1n) is 9.93. The highest BCUT2D eigenvalue weighted by molar-refractivity contribution is 6.06. The van der Waals surface area contributed by atoms with Gasteiger partial charge in [0.05, 0.1) is 11.1 Å². The van der Waals surface area contributed by atoms with Crippen LogP contribution in [0.5, 0.6) is 0 Å². The average Bonchev–Trinajstić information content (AvgIpc) is 2.78. The van der Waals surface area contributed by atoms with Gasteiger partial charge in [0.1, 0.15) is 0 Å². The van der Waals surface area contributed by atoms with Gasteiger partial charge in [0.2, 0.25) is 6.41 Å². The summed E-state index contributed by atoms with van der Waals surface area (Å²) >= 11 is 0. The van der Waals surface area contributed by atoms with Crippen LogP contribution < -0.4 is 5.32 Å². The first-order valence-corrected chi connectivity index (χ1v) is 9.93. The number of hydrogen-bond donors (Lipinski definition) is 1. The highest BCUT2D eigenvalue weighted by Gasteiger charge is 2.22. The largest absolute Gasteiger partial charge is 0.342 e. The molecule has 1 aromatic carbocycles. The van der Waals surface area contributed by atoms with Gasteiger partial charge in [-0.3, -0.25) is 19.4 Å². The number of anilines is 1. The Kier molecular flexibility index (Phi) is 6.59. The molecule has 1 aromatic heterocycles. The zero-order valence-electron chi connectivity index (χ0n) is 16.9. The Morgan fingerprint density at radius 3 is 2.24 bits per heavy atom. The highest BCUT2D eigenvalue weighted by atomic mass is 16.2. The van der Waals surface area contributed by atoms with Crippen molar-refractivity contribution in [2.75, 3.05) is 31.5 Å². The van der Waals surface area contributed by atoms with Crippen molar-refractivity contribution in [2.45, 2.75) is 26.7 Å². The lowest BCUT2D eigenvalue weighted by Crippen LogP contribution is -2.48. The number of pyridine rings is 1. The number of nitrogens with zero attached hydrogens (tertiary/aromatic N) is 3. The smallest absolute Gasteiger partial charge is 0.257 e. The monoisotopic (exact) mass is 394 g/mol. The topological polar surface area (TPSA) is 82.6 Å². The second-order valence-corrected chi connectivity index (χ2v) is 7.01. The third-order valence-corrected chi connectivity index (χ3v) is 5.24. The Morgan fingerprint density at radius 2 is 1.66 bits per heavy atom. The molecule has 0 radical (unpaired) electrons. The first kappa shape index (κ1) is 20.5. The number of hydrogen-bond acceptors (Lipinski definition) is 4. The van der Waals surface area contributed by atoms with Crippen molar-refractivity contribution < 1.29 is 14.4 Å². The van der Waals surface area contributed by atoms with Gasteiger partial charge in [-0.05, 0) is 30.0 Å². The maximum absolute atomic E-state index is 12.9. The number of rotatable bonds is 6. The first-order chi connectivity index (χ1) is 14.1. The van der Waals surface area contributed by atoms with Gasteiger partial charge in [-0.25, -0.2) is 0 Å². The second-order valence-electron chi connectivity index (χ2n) is 7.01. The number of aromatic nitrogens is 1. The minimum Gasteiger partial charge on any atom is -0.342 e. The molecule has 0 unspecified atom stereocenters. The normalized spacial score (nSPS) is 13.9. The van der Waals surface area contributed by atoms with Gasteiger partial charge in [-0.1, -0.05) is 32.0 Å². The van der Waals surface area contributed by atoms with Crippen LogP contribution in [0, 0.1) is 0 Å². The van der Waals surface area contributed by atoms with Gasteiger partial charge in [0.25, 0.3) is 11.8 Å². The quantitative estimate of drug-likeness (QED) is 0.763. The number of aryl methyl sites for hydroxylation is 2. The van der Waals surface area contributed by atoms with Crippen molar-refractivity contribution in [1.82, 2.24) is 14.8 Å². The van der Waals surface area contributed by atoms with Gasteiger partial charge in [0, 0.05) is 44.3 Å². The van der Waals surface area contributed by atoms with Crippen LogP contribution in [0.15, 0.2) is 36.7 Å². The van der Waals surface area contributed by atoms with Crippen molar-refractivity contribution in [3.8, 4) is 0 Å². The molecule has 2 heterocycles. The maximum Gasteiger partial charge on any atom is 0.257 e. The Morgan fingerprint density at radius 1 is 1.03 bits per heavy atom. The van der Waals surface area contributed by atoms with Crippen molar-refractivity contribution in [1.29, 1.82) is 0 Å². The predicted molar refractivity (Wildman–Crippen MR) is 111 cm³/mol. The Balaban J connectivity index is 1.77. The molecule has 152 valence electrons. The SMILES string of the molecule is CCc1cccc(CC)c1NC(=O)c1cncc(C(=O)N2CCN(C=O)CC2)c1. The van der Waals surface area contributed by atoms with Gasteiger partial charge in [0.15, 0.2) is 0 Å². The van der Waals surface area contributed by atoms with E-state index in [4.69, 9.17) is 0 Å². The summed E-state index contributed by atoms with van der Waals surface area (Å²) in [6.07, 6.45) is 5.37. The summed E-state index contributed by atoms with van der Waals surface area (Å²) in [6.45, 7) is 6.06. The molecule has 1 fully saturated rings. The number of benzene rings is 1. The van der Waals surface area contributed by atoms with Crippen LogP contribution >= 0.6 is 0 Å². The van der Waals surface area contributed by atoms with E-state index >= 15 is 0 Å². The number of para-hydroxylation sites is 1. The third-order valence-electron chi connectivity index (χ3n) is 5.24. The standard InChI is InChI=1S/C22H26N4O3/c1-3-16-6-5-7-17(4-2)20(16)24-21(28)18-12-19(14-23-13-18)22(29)26-10-8-25(15-27)9-11-26/h5-7,12-15H,3-4,8-11H2,1-2H3,(H,24,28). The summed E-state index contributed by atoms with van der Waals surface area (Å²) in [7, 11) is 0. The number of carbonyl (C=O) groups excluding carboxylic acids is 3. The molecule has 1 aliphatic heterocycles. The van der Waals surface area contributed by atoms with Gasteiger partial charge in [-0.15, -0.1) is 0 Å². The van der Waals surface area contributed by atoms with E-state index in [1.165, 1.54) is 12.4 Å². The number of nitrogens with one attached hydrogen (secondary N) is 1. The lowest BCUT2D eigenvalue weighted by molar-refractivity contribution is -0.119. The number of piperazine rings is 1. The minimum atomic E-state index is -0.284. The molecule has 0 bridgehead atoms. The fourth-order valence-electron chi connectivity index (χ4n) is 3.48. The van der Waals surface area contributed by atoms with Crippen LogP contribution in [0.4, 0.5) is 5.69 Å². The molecular weight excluding hydrogens is 368 g/mol. The highest BCUT2D eigenvalue weighted by Crippen LogP contribution is 2.23. The third kappa shape index (κ3) is 4.62. The summed E-state index contributed by atoms with van der Waals surface area (Å²) in [4.78, 5) is 43.9. The number of amides is 3. The van der Waals surface area contributed by atoms with Crippen molar-refractivity contribution in [3.63, 3.8) is 0 Å². The molecule has 29 heavy (non-hydrogen) atoms. The van der Waals surface area contributed by atoms with Gasteiger partial charge < -0.3 is 15.1 Å². The summed E-state index contributed by atoms with van der Waals surface area (Å²) < 4.78 is 0. The van der Waals surface area contributed by atoms with Crippen LogP contribution in [0.25, 0.3) is 0 Å². The molecule has 1 saturated heterocycles. The second kappa shape index (κ2) is 9.32. The van der Waals surface area contributed by atoms with E-state index < -0.39 is 0 Å². The van der Waals surface area contributed by atoms with E-state index in [-0.39, 0.29) is 11.8 Å². The van der Waals surface area contributed by atoms with E-state index in [0.717, 1.165) is 36.1 Å². The minimum absolute atomic E-state index is 0.180. The molecule has 0 saturated carbocycles. The molecule has 0 spiro atoms.